The second-order valence-electron chi connectivity index (χ2n) is 3.37. The summed E-state index contributed by atoms with van der Waals surface area (Å²) in [5.41, 5.74) is 6.18. The van der Waals surface area contributed by atoms with Gasteiger partial charge < -0.3 is 15.6 Å². The zero-order valence-electron chi connectivity index (χ0n) is 8.76. The number of rotatable bonds is 3. The predicted molar refractivity (Wildman–Crippen MR) is 62.5 cm³/mol. The first kappa shape index (κ1) is 10.5. The Labute approximate surface area is 94.1 Å². The zero-order valence-corrected chi connectivity index (χ0v) is 8.76. The molecule has 2 rings (SSSR count). The van der Waals surface area contributed by atoms with E-state index in [1.54, 1.807) is 18.2 Å². The lowest BCUT2D eigenvalue weighted by Gasteiger charge is -2.10. The Morgan fingerprint density at radius 2 is 1.75 bits per heavy atom. The monoisotopic (exact) mass is 215 g/mol. The summed E-state index contributed by atoms with van der Waals surface area (Å²) >= 11 is 0. The van der Waals surface area contributed by atoms with Gasteiger partial charge in [-0.15, -0.1) is 0 Å². The van der Waals surface area contributed by atoms with Crippen LogP contribution in [0.3, 0.4) is 0 Å². The Hall–Kier alpha value is -2.00. The van der Waals surface area contributed by atoms with Crippen molar-refractivity contribution in [3.05, 3.63) is 54.1 Å². The molecule has 0 radical (unpaired) electrons. The Morgan fingerprint density at radius 3 is 2.44 bits per heavy atom. The van der Waals surface area contributed by atoms with Gasteiger partial charge in [-0.2, -0.15) is 0 Å². The van der Waals surface area contributed by atoms with Gasteiger partial charge in [-0.3, -0.25) is 0 Å². The van der Waals surface area contributed by atoms with Crippen LogP contribution in [0, 0.1) is 0 Å². The summed E-state index contributed by atoms with van der Waals surface area (Å²) in [5, 5.41) is 9.61. The Bertz CT molecular complexity index is 469. The number of aromatic hydroxyl groups is 1. The third-order valence-electron chi connectivity index (χ3n) is 2.28. The molecule has 0 aromatic heterocycles. The molecule has 0 saturated carbocycles. The normalized spacial score (nSPS) is 10.1. The SMILES string of the molecule is NCc1c(O)cccc1Oc1ccccc1. The van der Waals surface area contributed by atoms with Crippen molar-refractivity contribution in [1.29, 1.82) is 0 Å². The highest BCUT2D eigenvalue weighted by Gasteiger charge is 2.07. The molecule has 0 amide bonds. The quantitative estimate of drug-likeness (QED) is 0.827. The molecule has 0 spiro atoms. The first-order valence-corrected chi connectivity index (χ1v) is 5.05. The lowest BCUT2D eigenvalue weighted by atomic mass is 10.2. The first-order valence-electron chi connectivity index (χ1n) is 5.05. The van der Waals surface area contributed by atoms with Gasteiger partial charge in [-0.05, 0) is 24.3 Å². The van der Waals surface area contributed by atoms with Crippen LogP contribution in [0.1, 0.15) is 5.56 Å². The van der Waals surface area contributed by atoms with E-state index in [0.717, 1.165) is 5.75 Å². The van der Waals surface area contributed by atoms with Gasteiger partial charge in [0.2, 0.25) is 0 Å². The number of hydrogen-bond donors (Lipinski definition) is 2. The van der Waals surface area contributed by atoms with Gasteiger partial charge in [0.25, 0.3) is 0 Å². The van der Waals surface area contributed by atoms with Crippen LogP contribution in [0.5, 0.6) is 17.2 Å². The predicted octanol–water partition coefficient (Wildman–Crippen LogP) is 2.64. The lowest BCUT2D eigenvalue weighted by Crippen LogP contribution is -1.99. The minimum Gasteiger partial charge on any atom is -0.507 e. The lowest BCUT2D eigenvalue weighted by molar-refractivity contribution is 0.444. The highest BCUT2D eigenvalue weighted by atomic mass is 16.5. The van der Waals surface area contributed by atoms with Crippen LogP contribution in [0.25, 0.3) is 0 Å². The fourth-order valence-electron chi connectivity index (χ4n) is 1.47. The van der Waals surface area contributed by atoms with Crippen LogP contribution >= 0.6 is 0 Å². The average Bonchev–Trinajstić information content (AvgIpc) is 2.31. The number of phenols is 1. The van der Waals surface area contributed by atoms with Gasteiger partial charge in [-0.25, -0.2) is 0 Å². The van der Waals surface area contributed by atoms with E-state index in [1.807, 2.05) is 30.3 Å². The topological polar surface area (TPSA) is 55.5 Å². The number of benzene rings is 2. The van der Waals surface area contributed by atoms with Crippen molar-refractivity contribution >= 4 is 0 Å². The summed E-state index contributed by atoms with van der Waals surface area (Å²) in [4.78, 5) is 0. The van der Waals surface area contributed by atoms with E-state index in [-0.39, 0.29) is 12.3 Å². The highest BCUT2D eigenvalue weighted by Crippen LogP contribution is 2.30. The molecule has 3 heteroatoms. The molecule has 0 heterocycles. The third kappa shape index (κ3) is 2.15. The van der Waals surface area contributed by atoms with Crippen molar-refractivity contribution in [2.75, 3.05) is 0 Å². The minimum atomic E-state index is 0.163. The molecule has 0 atom stereocenters. The molecule has 0 aliphatic heterocycles. The van der Waals surface area contributed by atoms with Crippen LogP contribution in [-0.2, 0) is 6.54 Å². The van der Waals surface area contributed by atoms with Gasteiger partial charge in [0.05, 0.1) is 5.56 Å². The van der Waals surface area contributed by atoms with E-state index >= 15 is 0 Å². The maximum atomic E-state index is 9.61. The van der Waals surface area contributed by atoms with Crippen LogP contribution in [0.15, 0.2) is 48.5 Å². The van der Waals surface area contributed by atoms with E-state index < -0.39 is 0 Å². The number of ether oxygens (including phenoxy) is 1. The number of hydrogen-bond acceptors (Lipinski definition) is 3. The summed E-state index contributed by atoms with van der Waals surface area (Å²) in [6.45, 7) is 0.245. The first-order chi connectivity index (χ1) is 7.81. The fraction of sp³-hybridized carbons (Fsp3) is 0.0769. The molecule has 0 fully saturated rings. The fourth-order valence-corrected chi connectivity index (χ4v) is 1.47. The van der Waals surface area contributed by atoms with Gasteiger partial charge in [-0.1, -0.05) is 24.3 Å². The molecule has 0 unspecified atom stereocenters. The molecule has 0 aliphatic rings. The maximum absolute atomic E-state index is 9.61. The smallest absolute Gasteiger partial charge is 0.135 e. The Kier molecular flexibility index (Phi) is 3.08. The van der Waals surface area contributed by atoms with Crippen molar-refractivity contribution in [2.24, 2.45) is 5.73 Å². The van der Waals surface area contributed by atoms with Crippen LogP contribution in [-0.4, -0.2) is 5.11 Å². The third-order valence-corrected chi connectivity index (χ3v) is 2.28. The molecule has 3 N–H and O–H groups in total. The zero-order chi connectivity index (χ0) is 11.4. The van der Waals surface area contributed by atoms with Gasteiger partial charge in [0.15, 0.2) is 0 Å². The number of phenolic OH excluding ortho intramolecular Hbond substituents is 1. The Balaban J connectivity index is 2.31. The van der Waals surface area contributed by atoms with Crippen molar-refractivity contribution in [2.45, 2.75) is 6.54 Å². The molecular formula is C13H13NO2. The molecule has 2 aromatic carbocycles. The number of para-hydroxylation sites is 1. The average molecular weight is 215 g/mol. The molecule has 0 aliphatic carbocycles. The Morgan fingerprint density at radius 1 is 1.00 bits per heavy atom. The van der Waals surface area contributed by atoms with Crippen molar-refractivity contribution in [1.82, 2.24) is 0 Å². The summed E-state index contributed by atoms with van der Waals surface area (Å²) in [6, 6.07) is 14.5. The molecule has 2 aromatic rings. The molecule has 82 valence electrons. The van der Waals surface area contributed by atoms with Gasteiger partial charge in [0.1, 0.15) is 17.2 Å². The second kappa shape index (κ2) is 4.68. The van der Waals surface area contributed by atoms with Crippen LogP contribution in [0.2, 0.25) is 0 Å². The summed E-state index contributed by atoms with van der Waals surface area (Å²) in [7, 11) is 0. The standard InChI is InChI=1S/C13H13NO2/c14-9-11-12(15)7-4-8-13(11)16-10-5-2-1-3-6-10/h1-8,15H,9,14H2. The summed E-state index contributed by atoms with van der Waals surface area (Å²) in [6.07, 6.45) is 0. The molecular weight excluding hydrogens is 202 g/mol. The van der Waals surface area contributed by atoms with Crippen molar-refractivity contribution in [3.8, 4) is 17.2 Å². The van der Waals surface area contributed by atoms with E-state index in [0.29, 0.717) is 11.3 Å². The second-order valence-corrected chi connectivity index (χ2v) is 3.37. The summed E-state index contributed by atoms with van der Waals surface area (Å²) < 4.78 is 5.64. The van der Waals surface area contributed by atoms with E-state index in [1.165, 1.54) is 0 Å². The van der Waals surface area contributed by atoms with Crippen LogP contribution in [0.4, 0.5) is 0 Å². The molecule has 0 bridgehead atoms. The molecule has 0 saturated heterocycles. The van der Waals surface area contributed by atoms with Gasteiger partial charge >= 0.3 is 0 Å². The van der Waals surface area contributed by atoms with Gasteiger partial charge in [0, 0.05) is 6.54 Å². The highest BCUT2D eigenvalue weighted by molar-refractivity contribution is 5.45. The maximum Gasteiger partial charge on any atom is 0.135 e. The van der Waals surface area contributed by atoms with E-state index in [2.05, 4.69) is 0 Å². The van der Waals surface area contributed by atoms with E-state index in [9.17, 15) is 5.11 Å². The largest absolute Gasteiger partial charge is 0.507 e. The van der Waals surface area contributed by atoms with E-state index in [4.69, 9.17) is 10.5 Å². The number of nitrogens with two attached hydrogens (primary N) is 1. The van der Waals surface area contributed by atoms with Crippen molar-refractivity contribution < 1.29 is 9.84 Å². The van der Waals surface area contributed by atoms with Crippen molar-refractivity contribution in [3.63, 3.8) is 0 Å². The molecule has 3 nitrogen and oxygen atoms in total. The summed E-state index contributed by atoms with van der Waals surface area (Å²) in [5.74, 6) is 1.48. The molecule has 16 heavy (non-hydrogen) atoms. The minimum absolute atomic E-state index is 0.163. The van der Waals surface area contributed by atoms with Crippen LogP contribution < -0.4 is 10.5 Å².